The fourth-order valence-electron chi connectivity index (χ4n) is 1.98. The van der Waals surface area contributed by atoms with Crippen LogP contribution in [0, 0.1) is 17.2 Å². The van der Waals surface area contributed by atoms with E-state index >= 15 is 0 Å². The number of pyridine rings is 1. The molecule has 1 aromatic heterocycles. The standard InChI is InChI=1S/C13H15N3O2/c1-16(12-3-2-10(8-14)9-15-12)13(17)11-4-6-18-7-5-11/h2-3,9,11H,4-7H2,1H3. The lowest BCUT2D eigenvalue weighted by molar-refractivity contribution is -0.124. The van der Waals surface area contributed by atoms with Gasteiger partial charge in [0, 0.05) is 32.4 Å². The van der Waals surface area contributed by atoms with E-state index in [0.717, 1.165) is 12.8 Å². The van der Waals surface area contributed by atoms with Crippen LogP contribution in [0.4, 0.5) is 5.82 Å². The zero-order valence-electron chi connectivity index (χ0n) is 10.3. The van der Waals surface area contributed by atoms with E-state index in [9.17, 15) is 4.79 Å². The molecular formula is C13H15N3O2. The number of amides is 1. The average molecular weight is 245 g/mol. The molecule has 1 aromatic rings. The van der Waals surface area contributed by atoms with Gasteiger partial charge in [-0.05, 0) is 25.0 Å². The normalized spacial score (nSPS) is 16.0. The summed E-state index contributed by atoms with van der Waals surface area (Å²) in [4.78, 5) is 17.9. The summed E-state index contributed by atoms with van der Waals surface area (Å²) in [6.45, 7) is 1.29. The predicted octanol–water partition coefficient (Wildman–Crippen LogP) is 1.34. The van der Waals surface area contributed by atoms with E-state index in [1.807, 2.05) is 6.07 Å². The Kier molecular flexibility index (Phi) is 3.90. The number of rotatable bonds is 2. The van der Waals surface area contributed by atoms with Crippen LogP contribution in [0.25, 0.3) is 0 Å². The molecule has 5 heteroatoms. The van der Waals surface area contributed by atoms with Gasteiger partial charge in [-0.25, -0.2) is 4.98 Å². The fraction of sp³-hybridized carbons (Fsp3) is 0.462. The number of hydrogen-bond acceptors (Lipinski definition) is 4. The topological polar surface area (TPSA) is 66.2 Å². The molecule has 18 heavy (non-hydrogen) atoms. The van der Waals surface area contributed by atoms with Crippen LogP contribution in [0.2, 0.25) is 0 Å². The van der Waals surface area contributed by atoms with Crippen molar-refractivity contribution in [2.75, 3.05) is 25.2 Å². The second-order valence-corrected chi connectivity index (χ2v) is 4.30. The van der Waals surface area contributed by atoms with Crippen LogP contribution in [-0.2, 0) is 9.53 Å². The van der Waals surface area contributed by atoms with Gasteiger partial charge in [-0.2, -0.15) is 5.26 Å². The van der Waals surface area contributed by atoms with Crippen molar-refractivity contribution < 1.29 is 9.53 Å². The van der Waals surface area contributed by atoms with Crippen molar-refractivity contribution in [3.8, 4) is 6.07 Å². The van der Waals surface area contributed by atoms with E-state index < -0.39 is 0 Å². The average Bonchev–Trinajstić information content (AvgIpc) is 2.47. The van der Waals surface area contributed by atoms with Gasteiger partial charge in [0.25, 0.3) is 0 Å². The molecule has 2 heterocycles. The number of carbonyl (C=O) groups excluding carboxylic acids is 1. The summed E-state index contributed by atoms with van der Waals surface area (Å²) in [6, 6.07) is 5.36. The van der Waals surface area contributed by atoms with E-state index in [0.29, 0.717) is 24.6 Å². The van der Waals surface area contributed by atoms with E-state index in [1.165, 1.54) is 6.20 Å². The second-order valence-electron chi connectivity index (χ2n) is 4.30. The highest BCUT2D eigenvalue weighted by molar-refractivity contribution is 5.93. The number of carbonyl (C=O) groups is 1. The van der Waals surface area contributed by atoms with Gasteiger partial charge in [0.2, 0.25) is 5.91 Å². The van der Waals surface area contributed by atoms with Crippen molar-refractivity contribution in [1.29, 1.82) is 5.26 Å². The van der Waals surface area contributed by atoms with Crippen molar-refractivity contribution in [3.63, 3.8) is 0 Å². The molecule has 0 radical (unpaired) electrons. The molecule has 1 aliphatic heterocycles. The number of anilines is 1. The van der Waals surface area contributed by atoms with Crippen LogP contribution < -0.4 is 4.90 Å². The summed E-state index contributed by atoms with van der Waals surface area (Å²) in [5, 5.41) is 8.70. The third kappa shape index (κ3) is 2.66. The van der Waals surface area contributed by atoms with E-state index in [4.69, 9.17) is 10.00 Å². The third-order valence-corrected chi connectivity index (χ3v) is 3.12. The number of ether oxygens (including phenoxy) is 1. The van der Waals surface area contributed by atoms with Crippen LogP contribution in [0.5, 0.6) is 0 Å². The highest BCUT2D eigenvalue weighted by Crippen LogP contribution is 2.20. The maximum absolute atomic E-state index is 12.2. The quantitative estimate of drug-likeness (QED) is 0.788. The van der Waals surface area contributed by atoms with Crippen molar-refractivity contribution >= 4 is 11.7 Å². The van der Waals surface area contributed by atoms with Crippen molar-refractivity contribution in [3.05, 3.63) is 23.9 Å². The highest BCUT2D eigenvalue weighted by Gasteiger charge is 2.25. The Morgan fingerprint density at radius 2 is 2.22 bits per heavy atom. The van der Waals surface area contributed by atoms with Crippen molar-refractivity contribution in [1.82, 2.24) is 4.98 Å². The summed E-state index contributed by atoms with van der Waals surface area (Å²) < 4.78 is 5.24. The fourth-order valence-corrected chi connectivity index (χ4v) is 1.98. The second kappa shape index (κ2) is 5.61. The molecule has 2 rings (SSSR count). The van der Waals surface area contributed by atoms with Gasteiger partial charge < -0.3 is 4.74 Å². The van der Waals surface area contributed by atoms with E-state index in [1.54, 1.807) is 24.1 Å². The Labute approximate surface area is 106 Å². The Balaban J connectivity index is 2.07. The van der Waals surface area contributed by atoms with E-state index in [-0.39, 0.29) is 11.8 Å². The minimum atomic E-state index is 0.0150. The lowest BCUT2D eigenvalue weighted by atomic mass is 9.99. The van der Waals surface area contributed by atoms with Gasteiger partial charge in [0.1, 0.15) is 11.9 Å². The van der Waals surface area contributed by atoms with Gasteiger partial charge in [0.15, 0.2) is 0 Å². The first-order valence-corrected chi connectivity index (χ1v) is 5.94. The lowest BCUT2D eigenvalue weighted by Gasteiger charge is -2.25. The number of nitriles is 1. The summed E-state index contributed by atoms with van der Waals surface area (Å²) in [6.07, 6.45) is 3.00. The molecule has 1 saturated heterocycles. The Morgan fingerprint density at radius 3 is 2.78 bits per heavy atom. The first-order chi connectivity index (χ1) is 8.72. The SMILES string of the molecule is CN(C(=O)C1CCOCC1)c1ccc(C#N)cn1. The lowest BCUT2D eigenvalue weighted by Crippen LogP contribution is -2.36. The summed E-state index contributed by atoms with van der Waals surface area (Å²) >= 11 is 0. The summed E-state index contributed by atoms with van der Waals surface area (Å²) in [5.41, 5.74) is 0.491. The first kappa shape index (κ1) is 12.5. The zero-order valence-corrected chi connectivity index (χ0v) is 10.3. The van der Waals surface area contributed by atoms with Gasteiger partial charge in [0.05, 0.1) is 5.56 Å². The molecule has 0 saturated carbocycles. The third-order valence-electron chi connectivity index (χ3n) is 3.12. The maximum Gasteiger partial charge on any atom is 0.231 e. The molecule has 5 nitrogen and oxygen atoms in total. The molecule has 0 aromatic carbocycles. The number of nitrogens with zero attached hydrogens (tertiary/aromatic N) is 3. The van der Waals surface area contributed by atoms with Crippen LogP contribution >= 0.6 is 0 Å². The minimum Gasteiger partial charge on any atom is -0.381 e. The van der Waals surface area contributed by atoms with Gasteiger partial charge >= 0.3 is 0 Å². The molecule has 94 valence electrons. The summed E-state index contributed by atoms with van der Waals surface area (Å²) in [5.74, 6) is 0.655. The molecule has 0 aliphatic carbocycles. The molecule has 0 bridgehead atoms. The Morgan fingerprint density at radius 1 is 1.50 bits per heavy atom. The molecule has 1 amide bonds. The smallest absolute Gasteiger partial charge is 0.231 e. The predicted molar refractivity (Wildman–Crippen MR) is 65.9 cm³/mol. The van der Waals surface area contributed by atoms with Gasteiger partial charge in [-0.15, -0.1) is 0 Å². The van der Waals surface area contributed by atoms with Crippen LogP contribution in [0.3, 0.4) is 0 Å². The monoisotopic (exact) mass is 245 g/mol. The largest absolute Gasteiger partial charge is 0.381 e. The van der Waals surface area contributed by atoms with Gasteiger partial charge in [-0.3, -0.25) is 9.69 Å². The first-order valence-electron chi connectivity index (χ1n) is 5.94. The molecule has 0 unspecified atom stereocenters. The van der Waals surface area contributed by atoms with Crippen molar-refractivity contribution in [2.24, 2.45) is 5.92 Å². The molecule has 0 N–H and O–H groups in total. The molecular weight excluding hydrogens is 230 g/mol. The van der Waals surface area contributed by atoms with E-state index in [2.05, 4.69) is 4.98 Å². The van der Waals surface area contributed by atoms with Crippen molar-refractivity contribution in [2.45, 2.75) is 12.8 Å². The Bertz CT molecular complexity index is 458. The molecule has 1 fully saturated rings. The number of hydrogen-bond donors (Lipinski definition) is 0. The summed E-state index contributed by atoms with van der Waals surface area (Å²) in [7, 11) is 1.71. The maximum atomic E-state index is 12.2. The molecule has 1 aliphatic rings. The minimum absolute atomic E-state index is 0.0150. The zero-order chi connectivity index (χ0) is 13.0. The van der Waals surface area contributed by atoms with Crippen LogP contribution in [0.15, 0.2) is 18.3 Å². The van der Waals surface area contributed by atoms with Crippen LogP contribution in [0.1, 0.15) is 18.4 Å². The highest BCUT2D eigenvalue weighted by atomic mass is 16.5. The molecule has 0 atom stereocenters. The Hall–Kier alpha value is -1.93. The van der Waals surface area contributed by atoms with Gasteiger partial charge in [-0.1, -0.05) is 0 Å². The number of aromatic nitrogens is 1. The van der Waals surface area contributed by atoms with Crippen LogP contribution in [-0.4, -0.2) is 31.2 Å². The molecule has 0 spiro atoms.